The highest BCUT2D eigenvalue weighted by molar-refractivity contribution is 7.89. The Morgan fingerprint density at radius 2 is 1.05 bits per heavy atom. The number of carbonyl (C=O) groups excluding carboxylic acids is 1. The van der Waals surface area contributed by atoms with Crippen LogP contribution in [-0.2, 0) is 24.8 Å². The summed E-state index contributed by atoms with van der Waals surface area (Å²) in [4.78, 5) is 18.2. The quantitative estimate of drug-likeness (QED) is 0.362. The average molecular weight is 637 g/mol. The maximum Gasteiger partial charge on any atom is 0.240 e. The highest BCUT2D eigenvalue weighted by atomic mass is 32.2. The number of rotatable bonds is 10. The van der Waals surface area contributed by atoms with Gasteiger partial charge in [0.05, 0.1) is 9.79 Å². The number of hydrogen-bond donors (Lipinski definition) is 3. The number of benzene rings is 2. The number of sulfonamides is 2. The molecule has 2 aliphatic rings. The van der Waals surface area contributed by atoms with Crippen LogP contribution >= 0.6 is 0 Å². The van der Waals surface area contributed by atoms with E-state index in [1.165, 1.54) is 0 Å². The molecule has 2 aliphatic heterocycles. The van der Waals surface area contributed by atoms with Gasteiger partial charge in [-0.3, -0.25) is 4.79 Å². The lowest BCUT2D eigenvalue weighted by atomic mass is 10.2. The molecule has 3 N–H and O–H groups in total. The van der Waals surface area contributed by atoms with Crippen LogP contribution in [0.15, 0.2) is 58.3 Å². The largest absolute Gasteiger partial charge is 0.369 e. The standard InChI is InChI=1S/C16H25N3O3S.C14H23N3O2S/c1-13(2)12-17-23(21,22)16-6-4-15(5-7-16)19-10-8-18(9-11-19)14(3)20;1-12(2)11-16-20(18,19)14-5-3-13(4-6-14)17-9-7-15-8-10-17/h4-7,13,17H,8-12H2,1-3H3;3-6,12,15-16H,7-11H2,1-2H3. The highest BCUT2D eigenvalue weighted by Crippen LogP contribution is 2.20. The Morgan fingerprint density at radius 1 is 0.674 bits per heavy atom. The second kappa shape index (κ2) is 15.8. The summed E-state index contributed by atoms with van der Waals surface area (Å²) in [6.45, 7) is 17.1. The molecule has 0 aliphatic carbocycles. The zero-order valence-electron chi connectivity index (χ0n) is 26.0. The van der Waals surface area contributed by atoms with Crippen LogP contribution in [0, 0.1) is 11.8 Å². The van der Waals surface area contributed by atoms with Gasteiger partial charge < -0.3 is 20.0 Å². The minimum absolute atomic E-state index is 0.0994. The van der Waals surface area contributed by atoms with E-state index in [1.807, 2.05) is 56.9 Å². The summed E-state index contributed by atoms with van der Waals surface area (Å²) in [6, 6.07) is 14.1. The fourth-order valence-corrected chi connectivity index (χ4v) is 7.02. The first-order chi connectivity index (χ1) is 20.3. The van der Waals surface area contributed by atoms with E-state index in [2.05, 4.69) is 24.6 Å². The molecule has 1 amide bonds. The summed E-state index contributed by atoms with van der Waals surface area (Å²) >= 11 is 0. The first-order valence-electron chi connectivity index (χ1n) is 14.9. The van der Waals surface area contributed by atoms with Crippen molar-refractivity contribution in [3.05, 3.63) is 48.5 Å². The van der Waals surface area contributed by atoms with E-state index < -0.39 is 20.0 Å². The molecule has 0 unspecified atom stereocenters. The molecule has 2 heterocycles. The Morgan fingerprint density at radius 3 is 1.40 bits per heavy atom. The maximum absolute atomic E-state index is 12.2. The minimum Gasteiger partial charge on any atom is -0.369 e. The van der Waals surface area contributed by atoms with Crippen LogP contribution in [0.5, 0.6) is 0 Å². The number of anilines is 2. The van der Waals surface area contributed by atoms with Crippen LogP contribution in [0.25, 0.3) is 0 Å². The van der Waals surface area contributed by atoms with Gasteiger partial charge in [0, 0.05) is 83.7 Å². The van der Waals surface area contributed by atoms with Gasteiger partial charge in [0.25, 0.3) is 0 Å². The van der Waals surface area contributed by atoms with Gasteiger partial charge in [-0.15, -0.1) is 0 Å². The summed E-state index contributed by atoms with van der Waals surface area (Å²) in [5.41, 5.74) is 2.06. The summed E-state index contributed by atoms with van der Waals surface area (Å²) in [7, 11) is -6.83. The summed E-state index contributed by atoms with van der Waals surface area (Å²) in [6.07, 6.45) is 0. The molecule has 2 fully saturated rings. The minimum atomic E-state index is -3.44. The lowest BCUT2D eigenvalue weighted by molar-refractivity contribution is -0.129. The highest BCUT2D eigenvalue weighted by Gasteiger charge is 2.20. The van der Waals surface area contributed by atoms with Gasteiger partial charge in [0.1, 0.15) is 0 Å². The molecular formula is C30H48N6O5S2. The van der Waals surface area contributed by atoms with Crippen molar-refractivity contribution in [3.8, 4) is 0 Å². The van der Waals surface area contributed by atoms with Crippen molar-refractivity contribution in [1.29, 1.82) is 0 Å². The lowest BCUT2D eigenvalue weighted by Gasteiger charge is -2.35. The molecule has 0 saturated carbocycles. The smallest absolute Gasteiger partial charge is 0.240 e. The number of nitrogens with one attached hydrogen (secondary N) is 3. The van der Waals surface area contributed by atoms with Crippen molar-refractivity contribution in [2.45, 2.75) is 44.4 Å². The predicted molar refractivity (Wildman–Crippen MR) is 172 cm³/mol. The van der Waals surface area contributed by atoms with Crippen molar-refractivity contribution in [3.63, 3.8) is 0 Å². The third-order valence-corrected chi connectivity index (χ3v) is 10.1. The van der Waals surface area contributed by atoms with E-state index in [9.17, 15) is 21.6 Å². The predicted octanol–water partition coefficient (Wildman–Crippen LogP) is 2.32. The van der Waals surface area contributed by atoms with Crippen molar-refractivity contribution in [2.24, 2.45) is 11.8 Å². The summed E-state index contributed by atoms with van der Waals surface area (Å²) in [5, 5.41) is 3.30. The normalized spacial score (nSPS) is 16.3. The van der Waals surface area contributed by atoms with E-state index in [-0.39, 0.29) is 16.7 Å². The Balaban J connectivity index is 0.000000238. The Kier molecular flexibility index (Phi) is 12.8. The number of hydrogen-bond acceptors (Lipinski definition) is 8. The molecular weight excluding hydrogens is 589 g/mol. The first-order valence-corrected chi connectivity index (χ1v) is 17.9. The van der Waals surface area contributed by atoms with Crippen molar-refractivity contribution >= 4 is 37.3 Å². The van der Waals surface area contributed by atoms with Gasteiger partial charge in [0.15, 0.2) is 0 Å². The van der Waals surface area contributed by atoms with Crippen molar-refractivity contribution in [1.82, 2.24) is 19.7 Å². The molecule has 11 nitrogen and oxygen atoms in total. The first kappa shape index (κ1) is 34.8. The second-order valence-electron chi connectivity index (χ2n) is 11.7. The third kappa shape index (κ3) is 10.8. The van der Waals surface area contributed by atoms with E-state index >= 15 is 0 Å². The summed E-state index contributed by atoms with van der Waals surface area (Å²) in [5.74, 6) is 0.661. The maximum atomic E-state index is 12.2. The van der Waals surface area contributed by atoms with Gasteiger partial charge in [0.2, 0.25) is 26.0 Å². The number of piperazine rings is 2. The Bertz CT molecular complexity index is 1370. The molecule has 0 radical (unpaired) electrons. The molecule has 2 saturated heterocycles. The van der Waals surface area contributed by atoms with E-state index in [1.54, 1.807) is 31.2 Å². The third-order valence-electron chi connectivity index (χ3n) is 7.23. The molecule has 13 heteroatoms. The molecule has 0 atom stereocenters. The molecule has 4 rings (SSSR count). The molecule has 2 aromatic rings. The van der Waals surface area contributed by atoms with Crippen LogP contribution in [0.2, 0.25) is 0 Å². The van der Waals surface area contributed by atoms with E-state index in [4.69, 9.17) is 0 Å². The molecule has 240 valence electrons. The molecule has 2 aromatic carbocycles. The van der Waals surface area contributed by atoms with E-state index in [0.717, 1.165) is 50.6 Å². The Hall–Kier alpha value is -2.71. The van der Waals surface area contributed by atoms with E-state index in [0.29, 0.717) is 37.0 Å². The Labute approximate surface area is 258 Å². The van der Waals surface area contributed by atoms with Crippen LogP contribution < -0.4 is 24.6 Å². The fourth-order valence-electron chi connectivity index (χ4n) is 4.59. The van der Waals surface area contributed by atoms with Gasteiger partial charge >= 0.3 is 0 Å². The monoisotopic (exact) mass is 636 g/mol. The van der Waals surface area contributed by atoms with Crippen LogP contribution in [0.3, 0.4) is 0 Å². The lowest BCUT2D eigenvalue weighted by Crippen LogP contribution is -2.48. The second-order valence-corrected chi connectivity index (χ2v) is 15.2. The van der Waals surface area contributed by atoms with Crippen LogP contribution in [-0.4, -0.2) is 93.1 Å². The van der Waals surface area contributed by atoms with Gasteiger partial charge in [-0.1, -0.05) is 27.7 Å². The topological polar surface area (TPSA) is 131 Å². The summed E-state index contributed by atoms with van der Waals surface area (Å²) < 4.78 is 53.8. The zero-order chi connectivity index (χ0) is 31.6. The molecule has 0 spiro atoms. The molecule has 43 heavy (non-hydrogen) atoms. The number of carbonyl (C=O) groups is 1. The van der Waals surface area contributed by atoms with Gasteiger partial charge in [-0.2, -0.15) is 0 Å². The SMILES string of the molecule is CC(=O)N1CCN(c2ccc(S(=O)(=O)NCC(C)C)cc2)CC1.CC(C)CNS(=O)(=O)c1ccc(N2CCNCC2)cc1. The molecule has 0 bridgehead atoms. The molecule has 0 aromatic heterocycles. The van der Waals surface area contributed by atoms with Gasteiger partial charge in [-0.05, 0) is 60.4 Å². The van der Waals surface area contributed by atoms with Crippen LogP contribution in [0.1, 0.15) is 34.6 Å². The number of nitrogens with zero attached hydrogens (tertiary/aromatic N) is 3. The van der Waals surface area contributed by atoms with Crippen molar-refractivity contribution < 1.29 is 21.6 Å². The average Bonchev–Trinajstić information content (AvgIpc) is 3.00. The van der Waals surface area contributed by atoms with Crippen LogP contribution in [0.4, 0.5) is 11.4 Å². The van der Waals surface area contributed by atoms with Gasteiger partial charge in [-0.25, -0.2) is 26.3 Å². The van der Waals surface area contributed by atoms with Crippen molar-refractivity contribution in [2.75, 3.05) is 75.2 Å². The zero-order valence-corrected chi connectivity index (χ0v) is 27.7. The fraction of sp³-hybridized carbons (Fsp3) is 0.567. The number of amides is 1.